The van der Waals surface area contributed by atoms with Crippen LogP contribution in [0.5, 0.6) is 5.75 Å². The highest BCUT2D eigenvalue weighted by Crippen LogP contribution is 2.27. The molecule has 21 heavy (non-hydrogen) atoms. The van der Waals surface area contributed by atoms with Crippen LogP contribution in [-0.2, 0) is 14.8 Å². The van der Waals surface area contributed by atoms with E-state index in [1.807, 2.05) is 6.92 Å². The van der Waals surface area contributed by atoms with Gasteiger partial charge in [0.2, 0.25) is 10.0 Å². The summed E-state index contributed by atoms with van der Waals surface area (Å²) in [5, 5.41) is 0. The second-order valence-corrected chi connectivity index (χ2v) is 6.95. The van der Waals surface area contributed by atoms with Gasteiger partial charge in [-0.25, -0.2) is 13.1 Å². The van der Waals surface area contributed by atoms with Crippen LogP contribution >= 0.6 is 0 Å². The minimum Gasteiger partial charge on any atom is -0.495 e. The average molecular weight is 314 g/mol. The molecule has 1 saturated heterocycles. The standard InChI is InChI=1S/C14H22N2O4S/c1-10(11-5-7-20-8-6-11)16-21(17,18)14-9-12(15)3-4-13(14)19-2/h3-4,9-11,16H,5-8,15H2,1-2H3. The molecule has 0 saturated carbocycles. The summed E-state index contributed by atoms with van der Waals surface area (Å²) in [6.45, 7) is 3.24. The quantitative estimate of drug-likeness (QED) is 0.801. The number of nitrogen functional groups attached to an aromatic ring is 1. The Balaban J connectivity index is 2.19. The number of methoxy groups -OCH3 is 1. The Bertz CT molecular complexity index is 583. The lowest BCUT2D eigenvalue weighted by Crippen LogP contribution is -2.40. The third-order valence-electron chi connectivity index (χ3n) is 3.79. The number of nitrogens with one attached hydrogen (secondary N) is 1. The van der Waals surface area contributed by atoms with Crippen LogP contribution in [0.4, 0.5) is 5.69 Å². The van der Waals surface area contributed by atoms with Crippen molar-refractivity contribution >= 4 is 15.7 Å². The summed E-state index contributed by atoms with van der Waals surface area (Å²) in [5.41, 5.74) is 6.07. The molecule has 0 radical (unpaired) electrons. The van der Waals surface area contributed by atoms with Crippen molar-refractivity contribution in [2.45, 2.75) is 30.7 Å². The lowest BCUT2D eigenvalue weighted by atomic mass is 9.94. The van der Waals surface area contributed by atoms with Crippen LogP contribution in [0, 0.1) is 5.92 Å². The maximum Gasteiger partial charge on any atom is 0.244 e. The smallest absolute Gasteiger partial charge is 0.244 e. The molecule has 0 aromatic heterocycles. The van der Waals surface area contributed by atoms with Gasteiger partial charge < -0.3 is 15.2 Å². The summed E-state index contributed by atoms with van der Waals surface area (Å²) in [6.07, 6.45) is 1.72. The molecule has 3 N–H and O–H groups in total. The summed E-state index contributed by atoms with van der Waals surface area (Å²) in [5.74, 6) is 0.566. The average Bonchev–Trinajstić information content (AvgIpc) is 2.47. The van der Waals surface area contributed by atoms with E-state index in [-0.39, 0.29) is 22.6 Å². The highest BCUT2D eigenvalue weighted by molar-refractivity contribution is 7.89. The van der Waals surface area contributed by atoms with Crippen molar-refractivity contribution in [1.82, 2.24) is 4.72 Å². The van der Waals surface area contributed by atoms with Crippen molar-refractivity contribution in [3.63, 3.8) is 0 Å². The number of anilines is 1. The van der Waals surface area contributed by atoms with Crippen LogP contribution in [0.15, 0.2) is 23.1 Å². The summed E-state index contributed by atoms with van der Waals surface area (Å²) in [7, 11) is -2.23. The molecule has 1 aromatic carbocycles. The van der Waals surface area contributed by atoms with Gasteiger partial charge >= 0.3 is 0 Å². The monoisotopic (exact) mass is 314 g/mol. The fourth-order valence-electron chi connectivity index (χ4n) is 2.52. The molecule has 0 aliphatic carbocycles. The third kappa shape index (κ3) is 3.87. The molecule has 6 nitrogen and oxygen atoms in total. The Morgan fingerprint density at radius 2 is 2.05 bits per heavy atom. The van der Waals surface area contributed by atoms with Gasteiger partial charge in [0.15, 0.2) is 0 Å². The van der Waals surface area contributed by atoms with Crippen molar-refractivity contribution < 1.29 is 17.9 Å². The van der Waals surface area contributed by atoms with Crippen molar-refractivity contribution in [3.05, 3.63) is 18.2 Å². The highest BCUT2D eigenvalue weighted by Gasteiger charge is 2.27. The van der Waals surface area contributed by atoms with E-state index in [0.717, 1.165) is 12.8 Å². The topological polar surface area (TPSA) is 90.7 Å². The first kappa shape index (κ1) is 16.1. The van der Waals surface area contributed by atoms with Gasteiger partial charge in [0.1, 0.15) is 10.6 Å². The second-order valence-electron chi connectivity index (χ2n) is 5.27. The molecule has 1 aliphatic rings. The van der Waals surface area contributed by atoms with E-state index in [0.29, 0.717) is 18.9 Å². The van der Waals surface area contributed by atoms with Crippen LogP contribution < -0.4 is 15.2 Å². The van der Waals surface area contributed by atoms with E-state index in [2.05, 4.69) is 4.72 Å². The maximum absolute atomic E-state index is 12.5. The number of sulfonamides is 1. The molecule has 0 amide bonds. The van der Waals surface area contributed by atoms with Gasteiger partial charge in [-0.15, -0.1) is 0 Å². The van der Waals surface area contributed by atoms with Crippen molar-refractivity contribution in [3.8, 4) is 5.75 Å². The Kier molecular flexibility index (Phi) is 5.08. The highest BCUT2D eigenvalue weighted by atomic mass is 32.2. The second kappa shape index (κ2) is 6.64. The van der Waals surface area contributed by atoms with Gasteiger partial charge in [0.25, 0.3) is 0 Å². The first-order chi connectivity index (χ1) is 9.94. The number of hydrogen-bond donors (Lipinski definition) is 2. The first-order valence-corrected chi connectivity index (χ1v) is 8.46. The number of rotatable bonds is 5. The number of ether oxygens (including phenoxy) is 2. The minimum absolute atomic E-state index is 0.0731. The van der Waals surface area contributed by atoms with E-state index in [9.17, 15) is 8.42 Å². The van der Waals surface area contributed by atoms with Crippen molar-refractivity contribution in [2.24, 2.45) is 5.92 Å². The van der Waals surface area contributed by atoms with Gasteiger partial charge in [-0.3, -0.25) is 0 Å². The maximum atomic E-state index is 12.5. The predicted molar refractivity (Wildman–Crippen MR) is 80.7 cm³/mol. The lowest BCUT2D eigenvalue weighted by molar-refractivity contribution is 0.0585. The van der Waals surface area contributed by atoms with E-state index >= 15 is 0 Å². The number of hydrogen-bond acceptors (Lipinski definition) is 5. The minimum atomic E-state index is -3.67. The van der Waals surface area contributed by atoms with Crippen molar-refractivity contribution in [1.29, 1.82) is 0 Å². The largest absolute Gasteiger partial charge is 0.495 e. The lowest BCUT2D eigenvalue weighted by Gasteiger charge is -2.28. The van der Waals surface area contributed by atoms with Crippen molar-refractivity contribution in [2.75, 3.05) is 26.1 Å². The van der Waals surface area contributed by atoms with Crippen LogP contribution in [0.2, 0.25) is 0 Å². The fraction of sp³-hybridized carbons (Fsp3) is 0.571. The molecular weight excluding hydrogens is 292 g/mol. The first-order valence-electron chi connectivity index (χ1n) is 6.97. The Hall–Kier alpha value is -1.31. The van der Waals surface area contributed by atoms with Crippen LogP contribution in [-0.4, -0.2) is 34.8 Å². The Morgan fingerprint density at radius 3 is 2.67 bits per heavy atom. The van der Waals surface area contributed by atoms with Crippen LogP contribution in [0.25, 0.3) is 0 Å². The molecule has 2 rings (SSSR count). The Labute approximate surface area is 125 Å². The summed E-state index contributed by atoms with van der Waals surface area (Å²) < 4.78 is 38.2. The molecule has 1 heterocycles. The summed E-state index contributed by atoms with van der Waals surface area (Å²) in [6, 6.07) is 4.42. The molecule has 1 atom stereocenters. The van der Waals surface area contributed by atoms with E-state index in [4.69, 9.17) is 15.2 Å². The normalized spacial score (nSPS) is 18.4. The molecule has 118 valence electrons. The molecular formula is C14H22N2O4S. The molecule has 7 heteroatoms. The third-order valence-corrected chi connectivity index (χ3v) is 5.37. The number of benzene rings is 1. The predicted octanol–water partition coefficient (Wildman–Crippen LogP) is 1.37. The van der Waals surface area contributed by atoms with Gasteiger partial charge in [-0.1, -0.05) is 0 Å². The van der Waals surface area contributed by atoms with Gasteiger partial charge in [-0.05, 0) is 43.9 Å². The SMILES string of the molecule is COc1ccc(N)cc1S(=O)(=O)NC(C)C1CCOCC1. The summed E-state index contributed by atoms with van der Waals surface area (Å²) >= 11 is 0. The molecule has 1 fully saturated rings. The zero-order valence-corrected chi connectivity index (χ0v) is 13.2. The zero-order chi connectivity index (χ0) is 15.5. The molecule has 1 aliphatic heterocycles. The summed E-state index contributed by atoms with van der Waals surface area (Å²) in [4.78, 5) is 0.0731. The zero-order valence-electron chi connectivity index (χ0n) is 12.3. The number of nitrogens with two attached hydrogens (primary N) is 1. The van der Waals surface area contributed by atoms with Gasteiger partial charge in [-0.2, -0.15) is 0 Å². The van der Waals surface area contributed by atoms with Gasteiger partial charge in [0, 0.05) is 24.9 Å². The van der Waals surface area contributed by atoms with Gasteiger partial charge in [0.05, 0.1) is 7.11 Å². The van der Waals surface area contributed by atoms with Crippen LogP contribution in [0.3, 0.4) is 0 Å². The Morgan fingerprint density at radius 1 is 1.38 bits per heavy atom. The molecule has 0 bridgehead atoms. The molecule has 0 spiro atoms. The van der Waals surface area contributed by atoms with E-state index < -0.39 is 10.0 Å². The molecule has 1 aromatic rings. The van der Waals surface area contributed by atoms with E-state index in [1.165, 1.54) is 13.2 Å². The van der Waals surface area contributed by atoms with E-state index in [1.54, 1.807) is 12.1 Å². The molecule has 1 unspecified atom stereocenters. The van der Waals surface area contributed by atoms with Crippen LogP contribution in [0.1, 0.15) is 19.8 Å². The fourth-order valence-corrected chi connectivity index (χ4v) is 4.04.